The molecule has 3 fully saturated rings. The average Bonchev–Trinajstić information content (AvgIpc) is 2.29. The van der Waals surface area contributed by atoms with Crippen LogP contribution in [-0.2, 0) is 0 Å². The van der Waals surface area contributed by atoms with E-state index in [2.05, 4.69) is 10.9 Å². The van der Waals surface area contributed by atoms with Crippen LogP contribution in [0, 0.1) is 11.8 Å². The van der Waals surface area contributed by atoms with E-state index in [9.17, 15) is 0 Å². The van der Waals surface area contributed by atoms with Gasteiger partial charge in [0.15, 0.2) is 0 Å². The van der Waals surface area contributed by atoms with Crippen molar-refractivity contribution in [3.63, 3.8) is 0 Å². The first-order valence-corrected chi connectivity index (χ1v) is 6.46. The Morgan fingerprint density at radius 1 is 0.571 bits per heavy atom. The quantitative estimate of drug-likeness (QED) is 0.618. The summed E-state index contributed by atoms with van der Waals surface area (Å²) in [5.74, 6) is 1.99. The van der Waals surface area contributed by atoms with Crippen LogP contribution in [0.25, 0.3) is 0 Å². The molecule has 0 aromatic carbocycles. The van der Waals surface area contributed by atoms with Gasteiger partial charge in [-0.1, -0.05) is 25.7 Å². The molecule has 1 aliphatic heterocycles. The average molecular weight is 194 g/mol. The van der Waals surface area contributed by atoms with Crippen LogP contribution in [-0.4, -0.2) is 12.1 Å². The van der Waals surface area contributed by atoms with Gasteiger partial charge in [0.05, 0.1) is 0 Å². The zero-order chi connectivity index (χ0) is 9.38. The molecular weight excluding hydrogens is 172 g/mol. The Morgan fingerprint density at radius 3 is 1.50 bits per heavy atom. The Labute approximate surface area is 86.8 Å². The Morgan fingerprint density at radius 2 is 1.00 bits per heavy atom. The standard InChI is InChI=1S/C12H22N2/c1-3-7-11-9(5-1)10-6-2-4-8-12(10)14-13-11/h9-14H,1-8H2. The highest BCUT2D eigenvalue weighted by Crippen LogP contribution is 2.40. The normalized spacial score (nSPS) is 48.0. The van der Waals surface area contributed by atoms with Gasteiger partial charge in [-0.05, 0) is 37.5 Å². The molecule has 14 heavy (non-hydrogen) atoms. The van der Waals surface area contributed by atoms with Crippen molar-refractivity contribution in [2.75, 3.05) is 0 Å². The molecule has 4 atom stereocenters. The number of nitrogens with one attached hydrogen (secondary N) is 2. The molecule has 2 heteroatoms. The van der Waals surface area contributed by atoms with Crippen LogP contribution >= 0.6 is 0 Å². The number of hydrogen-bond acceptors (Lipinski definition) is 2. The fraction of sp³-hybridized carbons (Fsp3) is 1.00. The van der Waals surface area contributed by atoms with E-state index in [1.165, 1.54) is 51.4 Å². The number of hydrazine groups is 1. The lowest BCUT2D eigenvalue weighted by Gasteiger charge is -2.48. The van der Waals surface area contributed by atoms with Gasteiger partial charge in [0.25, 0.3) is 0 Å². The van der Waals surface area contributed by atoms with E-state index in [0.717, 1.165) is 23.9 Å². The van der Waals surface area contributed by atoms with E-state index in [1.807, 2.05) is 0 Å². The zero-order valence-corrected chi connectivity index (χ0v) is 8.97. The summed E-state index contributed by atoms with van der Waals surface area (Å²) in [5.41, 5.74) is 7.14. The summed E-state index contributed by atoms with van der Waals surface area (Å²) in [6.45, 7) is 0. The summed E-state index contributed by atoms with van der Waals surface area (Å²) >= 11 is 0. The molecule has 0 aromatic rings. The summed E-state index contributed by atoms with van der Waals surface area (Å²) in [4.78, 5) is 0. The van der Waals surface area contributed by atoms with Crippen molar-refractivity contribution in [3.05, 3.63) is 0 Å². The second-order valence-corrected chi connectivity index (χ2v) is 5.40. The minimum atomic E-state index is 0.795. The van der Waals surface area contributed by atoms with Crippen LogP contribution in [0.1, 0.15) is 51.4 Å². The third kappa shape index (κ3) is 1.49. The van der Waals surface area contributed by atoms with E-state index in [1.54, 1.807) is 0 Å². The van der Waals surface area contributed by atoms with Crippen LogP contribution in [0.5, 0.6) is 0 Å². The topological polar surface area (TPSA) is 24.1 Å². The first kappa shape index (κ1) is 9.17. The van der Waals surface area contributed by atoms with Crippen molar-refractivity contribution in [3.8, 4) is 0 Å². The molecule has 0 amide bonds. The highest BCUT2D eigenvalue weighted by molar-refractivity contribution is 4.95. The van der Waals surface area contributed by atoms with Crippen molar-refractivity contribution in [1.29, 1.82) is 0 Å². The molecule has 2 aliphatic carbocycles. The molecule has 1 saturated heterocycles. The van der Waals surface area contributed by atoms with Crippen LogP contribution in [0.3, 0.4) is 0 Å². The van der Waals surface area contributed by atoms with Gasteiger partial charge < -0.3 is 0 Å². The summed E-state index contributed by atoms with van der Waals surface area (Å²) < 4.78 is 0. The first-order valence-electron chi connectivity index (χ1n) is 6.46. The van der Waals surface area contributed by atoms with E-state index in [-0.39, 0.29) is 0 Å². The summed E-state index contributed by atoms with van der Waals surface area (Å²) in [5, 5.41) is 0. The van der Waals surface area contributed by atoms with Crippen molar-refractivity contribution in [2.24, 2.45) is 11.8 Å². The van der Waals surface area contributed by atoms with Gasteiger partial charge in [0.2, 0.25) is 0 Å². The maximum absolute atomic E-state index is 3.57. The monoisotopic (exact) mass is 194 g/mol. The van der Waals surface area contributed by atoms with Crippen LogP contribution in [0.4, 0.5) is 0 Å². The van der Waals surface area contributed by atoms with Crippen molar-refractivity contribution < 1.29 is 0 Å². The van der Waals surface area contributed by atoms with E-state index < -0.39 is 0 Å². The maximum atomic E-state index is 3.57. The van der Waals surface area contributed by atoms with Gasteiger partial charge >= 0.3 is 0 Å². The van der Waals surface area contributed by atoms with Crippen LogP contribution in [0.15, 0.2) is 0 Å². The molecule has 2 nitrogen and oxygen atoms in total. The second kappa shape index (κ2) is 3.82. The minimum absolute atomic E-state index is 0.795. The third-order valence-electron chi connectivity index (χ3n) is 4.64. The first-order chi connectivity index (χ1) is 6.95. The third-order valence-corrected chi connectivity index (χ3v) is 4.64. The van der Waals surface area contributed by atoms with E-state index in [0.29, 0.717) is 0 Å². The molecule has 2 N–H and O–H groups in total. The van der Waals surface area contributed by atoms with Crippen LogP contribution in [0.2, 0.25) is 0 Å². The molecule has 0 aromatic heterocycles. The summed E-state index contributed by atoms with van der Waals surface area (Å²) in [7, 11) is 0. The van der Waals surface area contributed by atoms with Gasteiger partial charge in [0, 0.05) is 12.1 Å². The molecule has 80 valence electrons. The SMILES string of the molecule is C1CCC2C(C1)NNC1CCCCC12. The zero-order valence-electron chi connectivity index (χ0n) is 8.97. The Bertz CT molecular complexity index is 182. The van der Waals surface area contributed by atoms with Gasteiger partial charge in [-0.3, -0.25) is 10.9 Å². The lowest BCUT2D eigenvalue weighted by Crippen LogP contribution is -2.62. The molecule has 1 heterocycles. The predicted molar refractivity (Wildman–Crippen MR) is 57.8 cm³/mol. The Kier molecular flexibility index (Phi) is 2.50. The number of fused-ring (bicyclic) bond motifs is 3. The molecule has 3 aliphatic rings. The molecular formula is C12H22N2. The van der Waals surface area contributed by atoms with Gasteiger partial charge in [-0.2, -0.15) is 0 Å². The lowest BCUT2D eigenvalue weighted by molar-refractivity contribution is 0.0517. The Hall–Kier alpha value is -0.0800. The van der Waals surface area contributed by atoms with Crippen molar-refractivity contribution in [1.82, 2.24) is 10.9 Å². The van der Waals surface area contributed by atoms with E-state index >= 15 is 0 Å². The van der Waals surface area contributed by atoms with Gasteiger partial charge in [-0.25, -0.2) is 0 Å². The lowest BCUT2D eigenvalue weighted by atomic mass is 9.68. The largest absolute Gasteiger partial charge is 0.254 e. The number of hydrogen-bond donors (Lipinski definition) is 2. The second-order valence-electron chi connectivity index (χ2n) is 5.40. The number of rotatable bonds is 0. The molecule has 2 saturated carbocycles. The molecule has 0 spiro atoms. The van der Waals surface area contributed by atoms with Gasteiger partial charge in [0.1, 0.15) is 0 Å². The van der Waals surface area contributed by atoms with Crippen LogP contribution < -0.4 is 10.9 Å². The fourth-order valence-electron chi connectivity index (χ4n) is 3.92. The smallest absolute Gasteiger partial charge is 0.0244 e. The predicted octanol–water partition coefficient (Wildman–Crippen LogP) is 2.21. The summed E-state index contributed by atoms with van der Waals surface area (Å²) in [6, 6.07) is 1.59. The highest BCUT2D eigenvalue weighted by Gasteiger charge is 2.40. The molecule has 0 bridgehead atoms. The van der Waals surface area contributed by atoms with Gasteiger partial charge in [-0.15, -0.1) is 0 Å². The fourth-order valence-corrected chi connectivity index (χ4v) is 3.92. The van der Waals surface area contributed by atoms with Crippen molar-refractivity contribution >= 4 is 0 Å². The van der Waals surface area contributed by atoms with Crippen molar-refractivity contribution in [2.45, 2.75) is 63.5 Å². The molecule has 0 radical (unpaired) electrons. The minimum Gasteiger partial charge on any atom is -0.254 e. The maximum Gasteiger partial charge on any atom is 0.0244 e. The molecule has 4 unspecified atom stereocenters. The molecule has 3 rings (SSSR count). The summed E-state index contributed by atoms with van der Waals surface area (Å²) in [6.07, 6.45) is 11.6. The Balaban J connectivity index is 1.74. The highest BCUT2D eigenvalue weighted by atomic mass is 15.4. The van der Waals surface area contributed by atoms with E-state index in [4.69, 9.17) is 0 Å².